The fourth-order valence-electron chi connectivity index (χ4n) is 4.00. The summed E-state index contributed by atoms with van der Waals surface area (Å²) in [5, 5.41) is 0. The monoisotopic (exact) mass is 328 g/mol. The Balaban J connectivity index is 1.49. The van der Waals surface area contributed by atoms with Crippen LogP contribution in [0, 0.1) is 12.8 Å². The van der Waals surface area contributed by atoms with Crippen LogP contribution in [-0.2, 0) is 10.3 Å². The third-order valence-corrected chi connectivity index (χ3v) is 5.72. The summed E-state index contributed by atoms with van der Waals surface area (Å²) >= 11 is 0. The standard InChI is InChI=1S/C19H28N4O/c1-15-5-4-6-23-17(15)11-20-18(23)19(2,3)22-9-7-21(8-10-22)12-16-13-24-14-16/h4-6,11,16H,7-10,12-14H2,1-3H3. The van der Waals surface area contributed by atoms with Crippen LogP contribution in [-0.4, -0.2) is 65.1 Å². The molecule has 24 heavy (non-hydrogen) atoms. The first-order valence-electron chi connectivity index (χ1n) is 9.04. The lowest BCUT2D eigenvalue weighted by atomic mass is 9.99. The molecule has 130 valence electrons. The average molecular weight is 328 g/mol. The van der Waals surface area contributed by atoms with Gasteiger partial charge in [-0.2, -0.15) is 0 Å². The highest BCUT2D eigenvalue weighted by Gasteiger charge is 2.35. The molecule has 0 N–H and O–H groups in total. The molecule has 0 bridgehead atoms. The molecule has 4 heterocycles. The molecule has 2 aliphatic heterocycles. The summed E-state index contributed by atoms with van der Waals surface area (Å²) in [6.45, 7) is 14.3. The fourth-order valence-corrected chi connectivity index (χ4v) is 4.00. The maximum atomic E-state index is 5.30. The van der Waals surface area contributed by atoms with Crippen molar-refractivity contribution in [2.45, 2.75) is 26.3 Å². The van der Waals surface area contributed by atoms with E-state index in [9.17, 15) is 0 Å². The van der Waals surface area contributed by atoms with Crippen molar-refractivity contribution in [2.24, 2.45) is 5.92 Å². The summed E-state index contributed by atoms with van der Waals surface area (Å²) in [7, 11) is 0. The van der Waals surface area contributed by atoms with Gasteiger partial charge in [0, 0.05) is 44.8 Å². The zero-order valence-electron chi connectivity index (χ0n) is 15.0. The quantitative estimate of drug-likeness (QED) is 0.861. The third-order valence-electron chi connectivity index (χ3n) is 5.72. The van der Waals surface area contributed by atoms with Crippen molar-refractivity contribution in [1.29, 1.82) is 0 Å². The van der Waals surface area contributed by atoms with Crippen LogP contribution < -0.4 is 0 Å². The largest absolute Gasteiger partial charge is 0.381 e. The topological polar surface area (TPSA) is 33.0 Å². The van der Waals surface area contributed by atoms with Gasteiger partial charge in [0.15, 0.2) is 0 Å². The number of imidazole rings is 1. The molecular weight excluding hydrogens is 300 g/mol. The van der Waals surface area contributed by atoms with Gasteiger partial charge in [-0.25, -0.2) is 4.98 Å². The number of rotatable bonds is 4. The molecule has 0 amide bonds. The minimum Gasteiger partial charge on any atom is -0.381 e. The maximum absolute atomic E-state index is 5.30. The molecule has 2 saturated heterocycles. The van der Waals surface area contributed by atoms with Crippen LogP contribution in [0.5, 0.6) is 0 Å². The lowest BCUT2D eigenvalue weighted by Gasteiger charge is -2.44. The van der Waals surface area contributed by atoms with E-state index in [-0.39, 0.29) is 5.54 Å². The second kappa shape index (κ2) is 6.14. The van der Waals surface area contributed by atoms with Gasteiger partial charge in [0.2, 0.25) is 0 Å². The minimum absolute atomic E-state index is 0.0636. The van der Waals surface area contributed by atoms with E-state index in [4.69, 9.17) is 9.72 Å². The molecule has 0 aliphatic carbocycles. The van der Waals surface area contributed by atoms with Crippen molar-refractivity contribution in [3.63, 3.8) is 0 Å². The van der Waals surface area contributed by atoms with Crippen LogP contribution in [0.4, 0.5) is 0 Å². The Morgan fingerprint density at radius 2 is 1.96 bits per heavy atom. The van der Waals surface area contributed by atoms with E-state index in [0.717, 1.165) is 51.1 Å². The molecule has 0 saturated carbocycles. The van der Waals surface area contributed by atoms with Gasteiger partial charge in [-0.1, -0.05) is 6.07 Å². The lowest BCUT2D eigenvalue weighted by molar-refractivity contribution is -0.0555. The van der Waals surface area contributed by atoms with Crippen molar-refractivity contribution in [3.05, 3.63) is 35.9 Å². The number of hydrogen-bond acceptors (Lipinski definition) is 4. The Morgan fingerprint density at radius 3 is 2.62 bits per heavy atom. The number of piperazine rings is 1. The van der Waals surface area contributed by atoms with Crippen LogP contribution in [0.15, 0.2) is 24.5 Å². The van der Waals surface area contributed by atoms with E-state index < -0.39 is 0 Å². The van der Waals surface area contributed by atoms with Crippen molar-refractivity contribution < 1.29 is 4.74 Å². The van der Waals surface area contributed by atoms with Gasteiger partial charge in [-0.3, -0.25) is 4.90 Å². The van der Waals surface area contributed by atoms with E-state index in [1.165, 1.54) is 17.6 Å². The maximum Gasteiger partial charge on any atom is 0.133 e. The molecule has 4 rings (SSSR count). The first-order chi connectivity index (χ1) is 11.6. The van der Waals surface area contributed by atoms with Gasteiger partial charge >= 0.3 is 0 Å². The summed E-state index contributed by atoms with van der Waals surface area (Å²) in [6.07, 6.45) is 4.15. The second-order valence-electron chi connectivity index (χ2n) is 7.78. The first kappa shape index (κ1) is 16.1. The van der Waals surface area contributed by atoms with Crippen molar-refractivity contribution >= 4 is 5.52 Å². The Bertz CT molecular complexity index is 711. The summed E-state index contributed by atoms with van der Waals surface area (Å²) in [6, 6.07) is 4.26. The van der Waals surface area contributed by atoms with E-state index in [2.05, 4.69) is 53.3 Å². The van der Waals surface area contributed by atoms with Crippen LogP contribution in [0.1, 0.15) is 25.2 Å². The molecular formula is C19H28N4O. The molecule has 2 aromatic rings. The normalized spacial score (nSPS) is 21.3. The predicted octanol–water partition coefficient (Wildman–Crippen LogP) is 2.14. The van der Waals surface area contributed by atoms with E-state index in [1.54, 1.807) is 0 Å². The molecule has 2 aromatic heterocycles. The van der Waals surface area contributed by atoms with Crippen LogP contribution in [0.25, 0.3) is 5.52 Å². The highest BCUT2D eigenvalue weighted by molar-refractivity contribution is 5.53. The van der Waals surface area contributed by atoms with Crippen LogP contribution in [0.2, 0.25) is 0 Å². The Morgan fingerprint density at radius 1 is 1.21 bits per heavy atom. The molecule has 2 aliphatic rings. The SMILES string of the molecule is Cc1cccn2c(C(C)(C)N3CCN(CC4COC4)CC3)ncc12. The molecule has 0 unspecified atom stereocenters. The molecule has 5 heteroatoms. The second-order valence-corrected chi connectivity index (χ2v) is 7.78. The predicted molar refractivity (Wildman–Crippen MR) is 95.3 cm³/mol. The number of fused-ring (bicyclic) bond motifs is 1. The van der Waals surface area contributed by atoms with Gasteiger partial charge in [-0.15, -0.1) is 0 Å². The van der Waals surface area contributed by atoms with E-state index in [1.807, 2.05) is 6.20 Å². The summed E-state index contributed by atoms with van der Waals surface area (Å²) in [4.78, 5) is 9.96. The van der Waals surface area contributed by atoms with Gasteiger partial charge in [-0.05, 0) is 32.4 Å². The Kier molecular flexibility index (Phi) is 4.11. The van der Waals surface area contributed by atoms with Crippen molar-refractivity contribution in [1.82, 2.24) is 19.2 Å². The van der Waals surface area contributed by atoms with Crippen molar-refractivity contribution in [2.75, 3.05) is 45.9 Å². The van der Waals surface area contributed by atoms with Gasteiger partial charge in [0.05, 0.1) is 30.5 Å². The van der Waals surface area contributed by atoms with E-state index >= 15 is 0 Å². The molecule has 0 aromatic carbocycles. The van der Waals surface area contributed by atoms with Crippen LogP contribution in [0.3, 0.4) is 0 Å². The van der Waals surface area contributed by atoms with Crippen LogP contribution >= 0.6 is 0 Å². The average Bonchev–Trinajstić information content (AvgIpc) is 2.98. The molecule has 0 atom stereocenters. The van der Waals surface area contributed by atoms with Gasteiger partial charge in [0.25, 0.3) is 0 Å². The molecule has 0 spiro atoms. The number of nitrogens with zero attached hydrogens (tertiary/aromatic N) is 4. The Labute approximate surface area is 144 Å². The Hall–Kier alpha value is -1.43. The van der Waals surface area contributed by atoms with E-state index in [0.29, 0.717) is 0 Å². The fraction of sp³-hybridized carbons (Fsp3) is 0.632. The van der Waals surface area contributed by atoms with Gasteiger partial charge < -0.3 is 14.0 Å². The van der Waals surface area contributed by atoms with Crippen molar-refractivity contribution in [3.8, 4) is 0 Å². The van der Waals surface area contributed by atoms with Gasteiger partial charge in [0.1, 0.15) is 5.82 Å². The smallest absolute Gasteiger partial charge is 0.133 e. The highest BCUT2D eigenvalue weighted by atomic mass is 16.5. The number of hydrogen-bond donors (Lipinski definition) is 0. The molecule has 0 radical (unpaired) electrons. The number of ether oxygens (including phenoxy) is 1. The highest BCUT2D eigenvalue weighted by Crippen LogP contribution is 2.29. The minimum atomic E-state index is -0.0636. The number of aromatic nitrogens is 2. The summed E-state index contributed by atoms with van der Waals surface area (Å²) in [5.41, 5.74) is 2.43. The lowest BCUT2D eigenvalue weighted by Crippen LogP contribution is -2.55. The summed E-state index contributed by atoms with van der Waals surface area (Å²) in [5.74, 6) is 1.89. The third kappa shape index (κ3) is 2.75. The number of pyridine rings is 1. The summed E-state index contributed by atoms with van der Waals surface area (Å²) < 4.78 is 7.56. The zero-order chi connectivity index (χ0) is 16.7. The molecule has 5 nitrogen and oxygen atoms in total. The first-order valence-corrected chi connectivity index (χ1v) is 9.04. The number of aryl methyl sites for hydroxylation is 1. The molecule has 2 fully saturated rings. The zero-order valence-corrected chi connectivity index (χ0v) is 15.0.